The molecule has 0 bridgehead atoms. The zero-order chi connectivity index (χ0) is 15.7. The molecule has 2 aromatic rings. The second-order valence-corrected chi connectivity index (χ2v) is 5.54. The largest absolute Gasteiger partial charge is 0.341 e. The second kappa shape index (κ2) is 5.75. The third kappa shape index (κ3) is 2.43. The third-order valence-electron chi connectivity index (χ3n) is 4.11. The summed E-state index contributed by atoms with van der Waals surface area (Å²) in [5, 5.41) is 0. The van der Waals surface area contributed by atoms with Crippen molar-refractivity contribution in [2.75, 3.05) is 13.1 Å². The van der Waals surface area contributed by atoms with Gasteiger partial charge in [0.15, 0.2) is 5.65 Å². The Bertz CT molecular complexity index is 831. The van der Waals surface area contributed by atoms with E-state index in [4.69, 9.17) is 0 Å². The molecule has 0 spiro atoms. The van der Waals surface area contributed by atoms with E-state index in [1.807, 2.05) is 0 Å². The van der Waals surface area contributed by atoms with Crippen LogP contribution in [0.15, 0.2) is 27.9 Å². The maximum absolute atomic E-state index is 12.4. The quantitative estimate of drug-likeness (QED) is 0.738. The van der Waals surface area contributed by atoms with E-state index < -0.39 is 11.1 Å². The highest BCUT2D eigenvalue weighted by molar-refractivity contribution is 5.79. The Morgan fingerprint density at radius 3 is 2.64 bits per heavy atom. The molecule has 0 radical (unpaired) electrons. The van der Waals surface area contributed by atoms with Gasteiger partial charge in [0.25, 0.3) is 0 Å². The highest BCUT2D eigenvalue weighted by Gasteiger charge is 2.19. The van der Waals surface area contributed by atoms with Crippen molar-refractivity contribution in [3.05, 3.63) is 39.0 Å². The van der Waals surface area contributed by atoms with Crippen molar-refractivity contribution in [1.82, 2.24) is 19.0 Å². The van der Waals surface area contributed by atoms with Crippen LogP contribution in [0.25, 0.3) is 11.2 Å². The van der Waals surface area contributed by atoms with Crippen LogP contribution in [-0.4, -0.2) is 38.0 Å². The van der Waals surface area contributed by atoms with Gasteiger partial charge in [0.1, 0.15) is 6.54 Å². The monoisotopic (exact) mass is 302 g/mol. The van der Waals surface area contributed by atoms with Crippen LogP contribution in [-0.2, 0) is 18.4 Å². The smallest absolute Gasteiger partial charge is 0.317 e. The number of aromatic nitrogens is 3. The molecule has 0 aromatic carbocycles. The summed E-state index contributed by atoms with van der Waals surface area (Å²) in [7, 11) is 1.51. The maximum atomic E-state index is 12.4. The van der Waals surface area contributed by atoms with E-state index in [2.05, 4.69) is 4.98 Å². The Kier molecular flexibility index (Phi) is 3.79. The molecule has 1 fully saturated rings. The Labute approximate surface area is 126 Å². The van der Waals surface area contributed by atoms with E-state index in [0.29, 0.717) is 24.3 Å². The first-order chi connectivity index (χ1) is 10.6. The van der Waals surface area contributed by atoms with Gasteiger partial charge in [0.05, 0.1) is 5.52 Å². The van der Waals surface area contributed by atoms with Crippen molar-refractivity contribution in [3.8, 4) is 0 Å². The van der Waals surface area contributed by atoms with E-state index in [-0.39, 0.29) is 12.5 Å². The lowest BCUT2D eigenvalue weighted by molar-refractivity contribution is -0.132. The molecule has 2 aromatic heterocycles. The van der Waals surface area contributed by atoms with E-state index in [1.165, 1.54) is 16.2 Å². The normalized spacial score (nSPS) is 15.2. The number of hydrogen-bond acceptors (Lipinski definition) is 4. The number of aryl methyl sites for hydroxylation is 1. The van der Waals surface area contributed by atoms with Crippen molar-refractivity contribution in [2.24, 2.45) is 7.05 Å². The molecular formula is C15H18N4O3. The first-order valence-corrected chi connectivity index (χ1v) is 7.42. The van der Waals surface area contributed by atoms with Crippen molar-refractivity contribution in [2.45, 2.75) is 25.8 Å². The van der Waals surface area contributed by atoms with Gasteiger partial charge in [0, 0.05) is 26.3 Å². The molecule has 0 atom stereocenters. The molecule has 22 heavy (non-hydrogen) atoms. The average Bonchev–Trinajstić information content (AvgIpc) is 2.57. The highest BCUT2D eigenvalue weighted by atomic mass is 16.2. The minimum absolute atomic E-state index is 0.114. The fraction of sp³-hybridized carbons (Fsp3) is 0.467. The molecule has 1 aliphatic heterocycles. The summed E-state index contributed by atoms with van der Waals surface area (Å²) in [6.45, 7) is 1.32. The Morgan fingerprint density at radius 1 is 1.18 bits per heavy atom. The van der Waals surface area contributed by atoms with Gasteiger partial charge >= 0.3 is 11.1 Å². The molecule has 116 valence electrons. The zero-order valence-corrected chi connectivity index (χ0v) is 12.5. The van der Waals surface area contributed by atoms with Crippen LogP contribution in [0.4, 0.5) is 0 Å². The summed E-state index contributed by atoms with van der Waals surface area (Å²) in [4.78, 5) is 42.6. The standard InChI is InChI=1S/C15H18N4O3/c1-17-13-11(6-5-7-16-13)19(15(22)14(17)21)10-12(20)18-8-3-2-4-9-18/h5-7H,2-4,8-10H2,1H3. The SMILES string of the molecule is Cn1c(=O)c(=O)n(CC(=O)N2CCCCC2)c2cccnc21. The summed E-state index contributed by atoms with van der Waals surface area (Å²) in [6, 6.07) is 3.39. The molecule has 3 rings (SSSR count). The lowest BCUT2D eigenvalue weighted by Crippen LogP contribution is -2.45. The van der Waals surface area contributed by atoms with Gasteiger partial charge < -0.3 is 4.90 Å². The number of hydrogen-bond donors (Lipinski definition) is 0. The molecule has 1 amide bonds. The number of likely N-dealkylation sites (tertiary alicyclic amines) is 1. The van der Waals surface area contributed by atoms with Crippen LogP contribution in [0.1, 0.15) is 19.3 Å². The van der Waals surface area contributed by atoms with Gasteiger partial charge in [-0.2, -0.15) is 0 Å². The molecule has 0 saturated carbocycles. The van der Waals surface area contributed by atoms with E-state index >= 15 is 0 Å². The molecule has 3 heterocycles. The summed E-state index contributed by atoms with van der Waals surface area (Å²) in [6.07, 6.45) is 4.66. The van der Waals surface area contributed by atoms with Crippen LogP contribution in [0.2, 0.25) is 0 Å². The van der Waals surface area contributed by atoms with E-state index in [1.54, 1.807) is 23.2 Å². The maximum Gasteiger partial charge on any atom is 0.317 e. The summed E-state index contributed by atoms with van der Waals surface area (Å²) in [5.41, 5.74) is -0.454. The van der Waals surface area contributed by atoms with Gasteiger partial charge in [-0.3, -0.25) is 23.5 Å². The Hall–Kier alpha value is -2.44. The molecule has 7 heteroatoms. The number of nitrogens with zero attached hydrogens (tertiary/aromatic N) is 4. The van der Waals surface area contributed by atoms with E-state index in [0.717, 1.165) is 19.3 Å². The number of carbonyl (C=O) groups excluding carboxylic acids is 1. The van der Waals surface area contributed by atoms with Crippen LogP contribution in [0.5, 0.6) is 0 Å². The number of piperidine rings is 1. The number of carbonyl (C=O) groups is 1. The van der Waals surface area contributed by atoms with Gasteiger partial charge in [-0.1, -0.05) is 0 Å². The van der Waals surface area contributed by atoms with Crippen LogP contribution in [0.3, 0.4) is 0 Å². The summed E-state index contributed by atoms with van der Waals surface area (Å²) >= 11 is 0. The first kappa shape index (κ1) is 14.5. The highest BCUT2D eigenvalue weighted by Crippen LogP contribution is 2.11. The summed E-state index contributed by atoms with van der Waals surface area (Å²) in [5.74, 6) is -0.125. The molecular weight excluding hydrogens is 284 g/mol. The fourth-order valence-corrected chi connectivity index (χ4v) is 2.86. The van der Waals surface area contributed by atoms with Crippen molar-refractivity contribution in [1.29, 1.82) is 0 Å². The van der Waals surface area contributed by atoms with Crippen molar-refractivity contribution < 1.29 is 4.79 Å². The predicted molar refractivity (Wildman–Crippen MR) is 81.7 cm³/mol. The Balaban J connectivity index is 2.05. The molecule has 0 aliphatic carbocycles. The van der Waals surface area contributed by atoms with Crippen molar-refractivity contribution >= 4 is 17.1 Å². The fourth-order valence-electron chi connectivity index (χ4n) is 2.86. The molecule has 0 N–H and O–H groups in total. The molecule has 1 aliphatic rings. The lowest BCUT2D eigenvalue weighted by Gasteiger charge is -2.27. The van der Waals surface area contributed by atoms with Crippen molar-refractivity contribution in [3.63, 3.8) is 0 Å². The zero-order valence-electron chi connectivity index (χ0n) is 12.5. The second-order valence-electron chi connectivity index (χ2n) is 5.54. The minimum Gasteiger partial charge on any atom is -0.341 e. The first-order valence-electron chi connectivity index (χ1n) is 7.42. The molecule has 1 saturated heterocycles. The number of pyridine rings is 1. The average molecular weight is 302 g/mol. The molecule has 0 unspecified atom stereocenters. The van der Waals surface area contributed by atoms with Gasteiger partial charge in [0.2, 0.25) is 5.91 Å². The van der Waals surface area contributed by atoms with Gasteiger partial charge in [-0.25, -0.2) is 4.98 Å². The predicted octanol–water partition coefficient (Wildman–Crippen LogP) is 0.108. The minimum atomic E-state index is -0.687. The Morgan fingerprint density at radius 2 is 1.91 bits per heavy atom. The van der Waals surface area contributed by atoms with E-state index in [9.17, 15) is 14.4 Å². The van der Waals surface area contributed by atoms with Crippen LogP contribution >= 0.6 is 0 Å². The summed E-state index contributed by atoms with van der Waals surface area (Å²) < 4.78 is 2.46. The lowest BCUT2D eigenvalue weighted by atomic mass is 10.1. The van der Waals surface area contributed by atoms with Gasteiger partial charge in [-0.05, 0) is 31.4 Å². The number of amides is 1. The van der Waals surface area contributed by atoms with Gasteiger partial charge in [-0.15, -0.1) is 0 Å². The number of fused-ring (bicyclic) bond motifs is 1. The topological polar surface area (TPSA) is 77.2 Å². The molecule has 7 nitrogen and oxygen atoms in total. The number of rotatable bonds is 2. The van der Waals surface area contributed by atoms with Crippen LogP contribution in [0, 0.1) is 0 Å². The van der Waals surface area contributed by atoms with Crippen LogP contribution < -0.4 is 11.1 Å². The third-order valence-corrected chi connectivity index (χ3v) is 4.11.